The molecule has 4 heteroatoms. The molecule has 0 saturated heterocycles. The van der Waals surface area contributed by atoms with Gasteiger partial charge in [0, 0.05) is 12.4 Å². The molecule has 0 aliphatic heterocycles. The molecule has 1 aromatic carbocycles. The predicted octanol–water partition coefficient (Wildman–Crippen LogP) is 2.20. The number of hydrazine groups is 1. The van der Waals surface area contributed by atoms with Gasteiger partial charge < -0.3 is 0 Å². The Labute approximate surface area is 87.1 Å². The summed E-state index contributed by atoms with van der Waals surface area (Å²) < 4.78 is 0. The largest absolute Gasteiger partial charge is 0.298 e. The molecule has 0 radical (unpaired) electrons. The average molecular weight is 208 g/mol. The summed E-state index contributed by atoms with van der Waals surface area (Å²) in [4.78, 5) is 4.34. The summed E-state index contributed by atoms with van der Waals surface area (Å²) in [6.07, 6.45) is 0. The van der Waals surface area contributed by atoms with Crippen LogP contribution in [0.5, 0.6) is 0 Å². The van der Waals surface area contributed by atoms with E-state index in [4.69, 9.17) is 17.4 Å². The standard InChI is InChI=1S/C10H10ClN3/c1-14(12)9-6-5-7-3-2-4-8(11)10(7)13-9/h2-6H,12H2,1H3. The van der Waals surface area contributed by atoms with Crippen LogP contribution < -0.4 is 10.9 Å². The second-order valence-corrected chi connectivity index (χ2v) is 3.50. The maximum atomic E-state index is 6.01. The van der Waals surface area contributed by atoms with E-state index in [1.165, 1.54) is 5.01 Å². The van der Waals surface area contributed by atoms with Crippen LogP contribution in [0.3, 0.4) is 0 Å². The molecular weight excluding hydrogens is 198 g/mol. The Hall–Kier alpha value is -1.32. The number of hydrogen-bond donors (Lipinski definition) is 1. The van der Waals surface area contributed by atoms with Gasteiger partial charge in [-0.25, -0.2) is 10.8 Å². The first-order valence-electron chi connectivity index (χ1n) is 4.22. The van der Waals surface area contributed by atoms with Crippen LogP contribution in [0.4, 0.5) is 5.82 Å². The third kappa shape index (κ3) is 1.52. The van der Waals surface area contributed by atoms with E-state index in [1.807, 2.05) is 30.3 Å². The lowest BCUT2D eigenvalue weighted by Gasteiger charge is -2.11. The number of anilines is 1. The van der Waals surface area contributed by atoms with E-state index in [9.17, 15) is 0 Å². The molecule has 72 valence electrons. The summed E-state index contributed by atoms with van der Waals surface area (Å²) >= 11 is 6.01. The van der Waals surface area contributed by atoms with Crippen molar-refractivity contribution in [2.45, 2.75) is 0 Å². The summed E-state index contributed by atoms with van der Waals surface area (Å²) in [7, 11) is 1.74. The van der Waals surface area contributed by atoms with Gasteiger partial charge in [-0.1, -0.05) is 23.7 Å². The number of aromatic nitrogens is 1. The van der Waals surface area contributed by atoms with Gasteiger partial charge >= 0.3 is 0 Å². The third-order valence-corrected chi connectivity index (χ3v) is 2.32. The van der Waals surface area contributed by atoms with Gasteiger partial charge in [-0.15, -0.1) is 0 Å². The van der Waals surface area contributed by atoms with E-state index in [0.29, 0.717) is 10.8 Å². The van der Waals surface area contributed by atoms with Gasteiger partial charge in [0.2, 0.25) is 0 Å². The van der Waals surface area contributed by atoms with Crippen LogP contribution in [-0.4, -0.2) is 12.0 Å². The number of fused-ring (bicyclic) bond motifs is 1. The number of halogens is 1. The van der Waals surface area contributed by atoms with Gasteiger partial charge in [-0.3, -0.25) is 5.01 Å². The maximum absolute atomic E-state index is 6.01. The number of nitrogens with zero attached hydrogens (tertiary/aromatic N) is 2. The van der Waals surface area contributed by atoms with Crippen molar-refractivity contribution in [2.24, 2.45) is 5.84 Å². The van der Waals surface area contributed by atoms with Crippen LogP contribution in [0, 0.1) is 0 Å². The van der Waals surface area contributed by atoms with Crippen molar-refractivity contribution in [3.05, 3.63) is 35.4 Å². The van der Waals surface area contributed by atoms with E-state index in [1.54, 1.807) is 7.05 Å². The molecule has 0 atom stereocenters. The molecule has 2 aromatic rings. The van der Waals surface area contributed by atoms with E-state index < -0.39 is 0 Å². The van der Waals surface area contributed by atoms with Crippen LogP contribution in [0.25, 0.3) is 10.9 Å². The second kappa shape index (κ2) is 3.44. The van der Waals surface area contributed by atoms with Crippen LogP contribution >= 0.6 is 11.6 Å². The van der Waals surface area contributed by atoms with Crippen molar-refractivity contribution in [1.29, 1.82) is 0 Å². The van der Waals surface area contributed by atoms with Crippen molar-refractivity contribution < 1.29 is 0 Å². The Morgan fingerprint density at radius 1 is 1.29 bits per heavy atom. The number of benzene rings is 1. The summed E-state index contributed by atoms with van der Waals surface area (Å²) in [5.74, 6) is 6.28. The lowest BCUT2D eigenvalue weighted by atomic mass is 10.2. The van der Waals surface area contributed by atoms with E-state index in [2.05, 4.69) is 4.98 Å². The Kier molecular flexibility index (Phi) is 2.27. The number of para-hydroxylation sites is 1. The highest BCUT2D eigenvalue weighted by atomic mass is 35.5. The van der Waals surface area contributed by atoms with Gasteiger partial charge in [0.15, 0.2) is 0 Å². The van der Waals surface area contributed by atoms with Crippen LogP contribution in [0.2, 0.25) is 5.02 Å². The fraction of sp³-hybridized carbons (Fsp3) is 0.100. The average Bonchev–Trinajstić information content (AvgIpc) is 2.18. The van der Waals surface area contributed by atoms with E-state index >= 15 is 0 Å². The quantitative estimate of drug-likeness (QED) is 0.576. The summed E-state index contributed by atoms with van der Waals surface area (Å²) in [5.41, 5.74) is 0.781. The maximum Gasteiger partial charge on any atom is 0.143 e. The molecule has 1 heterocycles. The zero-order chi connectivity index (χ0) is 10.1. The Morgan fingerprint density at radius 3 is 2.79 bits per heavy atom. The molecule has 2 rings (SSSR count). The Morgan fingerprint density at radius 2 is 2.07 bits per heavy atom. The summed E-state index contributed by atoms with van der Waals surface area (Å²) in [6.45, 7) is 0. The molecule has 0 aliphatic carbocycles. The molecule has 14 heavy (non-hydrogen) atoms. The molecule has 1 aromatic heterocycles. The molecule has 0 spiro atoms. The lowest BCUT2D eigenvalue weighted by molar-refractivity contribution is 0.986. The van der Waals surface area contributed by atoms with E-state index in [0.717, 1.165) is 10.9 Å². The number of hydrogen-bond acceptors (Lipinski definition) is 3. The van der Waals surface area contributed by atoms with Crippen molar-refractivity contribution in [2.75, 3.05) is 12.1 Å². The number of rotatable bonds is 1. The first kappa shape index (κ1) is 9.24. The van der Waals surface area contributed by atoms with Crippen molar-refractivity contribution in [1.82, 2.24) is 4.98 Å². The highest BCUT2D eigenvalue weighted by molar-refractivity contribution is 6.35. The fourth-order valence-corrected chi connectivity index (χ4v) is 1.52. The van der Waals surface area contributed by atoms with Crippen LogP contribution in [0.15, 0.2) is 30.3 Å². The van der Waals surface area contributed by atoms with Gasteiger partial charge in [-0.05, 0) is 18.2 Å². The molecular formula is C10H10ClN3. The molecule has 0 saturated carbocycles. The fourth-order valence-electron chi connectivity index (χ4n) is 1.30. The zero-order valence-corrected chi connectivity index (χ0v) is 8.49. The first-order valence-corrected chi connectivity index (χ1v) is 4.60. The van der Waals surface area contributed by atoms with Gasteiger partial charge in [0.05, 0.1) is 10.5 Å². The monoisotopic (exact) mass is 207 g/mol. The summed E-state index contributed by atoms with van der Waals surface area (Å²) in [5, 5.41) is 3.12. The zero-order valence-electron chi connectivity index (χ0n) is 7.74. The second-order valence-electron chi connectivity index (χ2n) is 3.09. The predicted molar refractivity (Wildman–Crippen MR) is 59.3 cm³/mol. The molecule has 2 N–H and O–H groups in total. The minimum absolute atomic E-state index is 0.645. The molecule has 0 unspecified atom stereocenters. The summed E-state index contributed by atoms with van der Waals surface area (Å²) in [6, 6.07) is 9.50. The Bertz CT molecular complexity index is 468. The molecule has 0 aliphatic rings. The molecule has 0 bridgehead atoms. The third-order valence-electron chi connectivity index (χ3n) is 2.02. The van der Waals surface area contributed by atoms with Gasteiger partial charge in [0.1, 0.15) is 5.82 Å². The van der Waals surface area contributed by atoms with Crippen molar-refractivity contribution in [3.63, 3.8) is 0 Å². The molecule has 0 fully saturated rings. The lowest BCUT2D eigenvalue weighted by Crippen LogP contribution is -2.25. The Balaban J connectivity index is 2.70. The van der Waals surface area contributed by atoms with Crippen LogP contribution in [-0.2, 0) is 0 Å². The minimum atomic E-state index is 0.645. The van der Waals surface area contributed by atoms with Crippen LogP contribution in [0.1, 0.15) is 0 Å². The van der Waals surface area contributed by atoms with E-state index in [-0.39, 0.29) is 0 Å². The van der Waals surface area contributed by atoms with Gasteiger partial charge in [-0.2, -0.15) is 0 Å². The highest BCUT2D eigenvalue weighted by Crippen LogP contribution is 2.23. The van der Waals surface area contributed by atoms with Crippen molar-refractivity contribution >= 4 is 28.3 Å². The topological polar surface area (TPSA) is 42.1 Å². The molecule has 3 nitrogen and oxygen atoms in total. The SMILES string of the molecule is CN(N)c1ccc2cccc(Cl)c2n1. The first-order chi connectivity index (χ1) is 6.68. The normalized spacial score (nSPS) is 10.5. The number of pyridine rings is 1. The van der Waals surface area contributed by atoms with Gasteiger partial charge in [0.25, 0.3) is 0 Å². The number of nitrogens with two attached hydrogens (primary N) is 1. The minimum Gasteiger partial charge on any atom is -0.298 e. The smallest absolute Gasteiger partial charge is 0.143 e. The molecule has 0 amide bonds. The highest BCUT2D eigenvalue weighted by Gasteiger charge is 2.02. The van der Waals surface area contributed by atoms with Crippen molar-refractivity contribution in [3.8, 4) is 0 Å².